The van der Waals surface area contributed by atoms with Crippen LogP contribution in [0.25, 0.3) is 0 Å². The Hall–Kier alpha value is -1.56. The van der Waals surface area contributed by atoms with Crippen molar-refractivity contribution in [2.45, 2.75) is 26.3 Å². The number of urea groups is 1. The molecule has 0 aliphatic rings. The van der Waals surface area contributed by atoms with Crippen molar-refractivity contribution >= 4 is 28.3 Å². The van der Waals surface area contributed by atoms with E-state index in [2.05, 4.69) is 10.6 Å². The lowest BCUT2D eigenvalue weighted by Gasteiger charge is -2.11. The van der Waals surface area contributed by atoms with Crippen molar-refractivity contribution in [3.63, 3.8) is 0 Å². The second-order valence-corrected chi connectivity index (χ2v) is 4.29. The minimum Gasteiger partial charge on any atom is -0.478 e. The molecule has 1 atom stereocenters. The Morgan fingerprint density at radius 2 is 2.25 bits per heavy atom. The maximum Gasteiger partial charge on any atom is 0.338 e. The van der Waals surface area contributed by atoms with Gasteiger partial charge in [-0.2, -0.15) is 0 Å². The minimum atomic E-state index is -1.04. The topological polar surface area (TPSA) is 78.4 Å². The largest absolute Gasteiger partial charge is 0.478 e. The van der Waals surface area contributed by atoms with Crippen molar-refractivity contribution in [2.24, 2.45) is 0 Å². The highest BCUT2D eigenvalue weighted by Crippen LogP contribution is 2.22. The average molecular weight is 242 g/mol. The van der Waals surface area contributed by atoms with E-state index in [0.29, 0.717) is 5.00 Å². The molecule has 2 amide bonds. The van der Waals surface area contributed by atoms with Gasteiger partial charge in [-0.1, -0.05) is 6.92 Å². The summed E-state index contributed by atoms with van der Waals surface area (Å²) < 4.78 is 0. The van der Waals surface area contributed by atoms with Crippen molar-refractivity contribution in [3.8, 4) is 0 Å². The molecule has 0 bridgehead atoms. The van der Waals surface area contributed by atoms with E-state index < -0.39 is 5.97 Å². The molecule has 0 saturated carbocycles. The molecule has 0 spiro atoms. The van der Waals surface area contributed by atoms with Gasteiger partial charge in [0.05, 0.1) is 5.56 Å². The number of amides is 2. The molecular formula is C10H14N2O3S. The van der Waals surface area contributed by atoms with E-state index in [0.717, 1.165) is 6.42 Å². The Bertz CT molecular complexity index is 389. The molecule has 0 aliphatic heterocycles. The van der Waals surface area contributed by atoms with Crippen LogP contribution in [0.15, 0.2) is 11.4 Å². The summed E-state index contributed by atoms with van der Waals surface area (Å²) in [6.07, 6.45) is 0.823. The molecule has 1 aromatic heterocycles. The van der Waals surface area contributed by atoms with E-state index in [9.17, 15) is 9.59 Å². The fourth-order valence-electron chi connectivity index (χ4n) is 1.04. The van der Waals surface area contributed by atoms with Gasteiger partial charge in [0.2, 0.25) is 0 Å². The molecule has 6 heteroatoms. The van der Waals surface area contributed by atoms with E-state index in [1.165, 1.54) is 17.4 Å². The molecule has 16 heavy (non-hydrogen) atoms. The molecule has 1 unspecified atom stereocenters. The van der Waals surface area contributed by atoms with E-state index in [1.54, 1.807) is 5.38 Å². The van der Waals surface area contributed by atoms with E-state index in [1.807, 2.05) is 13.8 Å². The summed E-state index contributed by atoms with van der Waals surface area (Å²) in [6, 6.07) is 1.15. The molecule has 0 aliphatic carbocycles. The fraction of sp³-hybridized carbons (Fsp3) is 0.400. The van der Waals surface area contributed by atoms with Crippen LogP contribution in [0.5, 0.6) is 0 Å². The smallest absolute Gasteiger partial charge is 0.338 e. The van der Waals surface area contributed by atoms with Crippen LogP contribution in [-0.4, -0.2) is 23.1 Å². The lowest BCUT2D eigenvalue weighted by Crippen LogP contribution is -2.35. The number of aromatic carboxylic acids is 1. The van der Waals surface area contributed by atoms with E-state index >= 15 is 0 Å². The first-order valence-electron chi connectivity index (χ1n) is 4.93. The third-order valence-corrected chi connectivity index (χ3v) is 2.94. The molecule has 1 heterocycles. The molecule has 0 radical (unpaired) electrons. The van der Waals surface area contributed by atoms with Crippen LogP contribution in [0.4, 0.5) is 9.80 Å². The van der Waals surface area contributed by atoms with Gasteiger partial charge in [-0.3, -0.25) is 5.32 Å². The zero-order valence-electron chi connectivity index (χ0n) is 9.11. The quantitative estimate of drug-likeness (QED) is 0.758. The predicted octanol–water partition coefficient (Wildman–Crippen LogP) is 2.37. The van der Waals surface area contributed by atoms with Gasteiger partial charge in [0.25, 0.3) is 0 Å². The average Bonchev–Trinajstić information content (AvgIpc) is 2.65. The van der Waals surface area contributed by atoms with Crippen LogP contribution in [0.3, 0.4) is 0 Å². The number of carbonyl (C=O) groups is 2. The maximum absolute atomic E-state index is 11.4. The molecule has 0 fully saturated rings. The standard InChI is InChI=1S/C10H14N2O3S/c1-3-6(2)11-10(15)12-8-7(9(13)14)4-5-16-8/h4-6H,3H2,1-2H3,(H,13,14)(H2,11,12,15). The van der Waals surface area contributed by atoms with E-state index in [4.69, 9.17) is 5.11 Å². The Morgan fingerprint density at radius 1 is 1.56 bits per heavy atom. The summed E-state index contributed by atoms with van der Waals surface area (Å²) in [5, 5.41) is 16.0. The fourth-order valence-corrected chi connectivity index (χ4v) is 1.81. The minimum absolute atomic E-state index is 0.0632. The van der Waals surface area contributed by atoms with Crippen molar-refractivity contribution in [3.05, 3.63) is 17.0 Å². The van der Waals surface area contributed by atoms with Crippen molar-refractivity contribution in [2.75, 3.05) is 5.32 Å². The third kappa shape index (κ3) is 3.23. The Morgan fingerprint density at radius 3 is 2.81 bits per heavy atom. The van der Waals surface area contributed by atoms with Gasteiger partial charge >= 0.3 is 12.0 Å². The molecule has 1 aromatic rings. The highest BCUT2D eigenvalue weighted by molar-refractivity contribution is 7.14. The van der Waals surface area contributed by atoms with Gasteiger partial charge < -0.3 is 10.4 Å². The molecular weight excluding hydrogens is 228 g/mol. The van der Waals surface area contributed by atoms with Gasteiger partial charge in [-0.05, 0) is 24.8 Å². The van der Waals surface area contributed by atoms with Gasteiger partial charge in [0.1, 0.15) is 5.00 Å². The van der Waals surface area contributed by atoms with Crippen LogP contribution < -0.4 is 10.6 Å². The van der Waals surface area contributed by atoms with Crippen LogP contribution in [0, 0.1) is 0 Å². The summed E-state index contributed by atoms with van der Waals surface area (Å²) >= 11 is 1.19. The molecule has 88 valence electrons. The highest BCUT2D eigenvalue weighted by atomic mass is 32.1. The number of anilines is 1. The number of carboxylic acids is 1. The summed E-state index contributed by atoms with van der Waals surface area (Å²) in [6.45, 7) is 3.84. The summed E-state index contributed by atoms with van der Waals surface area (Å²) in [7, 11) is 0. The third-order valence-electron chi connectivity index (χ3n) is 2.11. The highest BCUT2D eigenvalue weighted by Gasteiger charge is 2.14. The number of carbonyl (C=O) groups excluding carboxylic acids is 1. The van der Waals surface area contributed by atoms with Crippen molar-refractivity contribution < 1.29 is 14.7 Å². The monoisotopic (exact) mass is 242 g/mol. The predicted molar refractivity (Wildman–Crippen MR) is 63.2 cm³/mol. The number of hydrogen-bond donors (Lipinski definition) is 3. The Labute approximate surface area is 97.5 Å². The zero-order chi connectivity index (χ0) is 12.1. The van der Waals surface area contributed by atoms with E-state index in [-0.39, 0.29) is 17.6 Å². The van der Waals surface area contributed by atoms with Gasteiger partial charge in [-0.25, -0.2) is 9.59 Å². The first-order valence-corrected chi connectivity index (χ1v) is 5.80. The summed E-state index contributed by atoms with van der Waals surface area (Å²) in [5.74, 6) is -1.04. The number of thiophene rings is 1. The van der Waals surface area contributed by atoms with Crippen LogP contribution >= 0.6 is 11.3 Å². The normalized spacial score (nSPS) is 11.9. The molecule has 3 N–H and O–H groups in total. The number of nitrogens with one attached hydrogen (secondary N) is 2. The number of hydrogen-bond acceptors (Lipinski definition) is 3. The zero-order valence-corrected chi connectivity index (χ0v) is 9.93. The van der Waals surface area contributed by atoms with Crippen molar-refractivity contribution in [1.82, 2.24) is 5.32 Å². The maximum atomic E-state index is 11.4. The Kier molecular flexibility index (Phi) is 4.30. The van der Waals surface area contributed by atoms with Gasteiger partial charge in [0, 0.05) is 6.04 Å². The summed E-state index contributed by atoms with van der Waals surface area (Å²) in [5.41, 5.74) is 0.115. The summed E-state index contributed by atoms with van der Waals surface area (Å²) in [4.78, 5) is 22.2. The second-order valence-electron chi connectivity index (χ2n) is 3.38. The van der Waals surface area contributed by atoms with Crippen molar-refractivity contribution in [1.29, 1.82) is 0 Å². The number of carboxylic acid groups (broad SMARTS) is 1. The first-order chi connectivity index (χ1) is 7.54. The molecule has 5 nitrogen and oxygen atoms in total. The van der Waals surface area contributed by atoms with Crippen LogP contribution in [-0.2, 0) is 0 Å². The molecule has 0 aromatic carbocycles. The second kappa shape index (κ2) is 5.50. The molecule has 1 rings (SSSR count). The number of rotatable bonds is 4. The van der Waals surface area contributed by atoms with Crippen LogP contribution in [0.2, 0.25) is 0 Å². The Balaban J connectivity index is 2.63. The lowest BCUT2D eigenvalue weighted by molar-refractivity contribution is 0.0698. The SMILES string of the molecule is CCC(C)NC(=O)Nc1sccc1C(=O)O. The van der Waals surface area contributed by atoms with Crippen LogP contribution in [0.1, 0.15) is 30.6 Å². The van der Waals surface area contributed by atoms with Gasteiger partial charge in [0.15, 0.2) is 0 Å². The lowest BCUT2D eigenvalue weighted by atomic mass is 10.3. The first kappa shape index (κ1) is 12.5. The molecule has 0 saturated heterocycles. The van der Waals surface area contributed by atoms with Gasteiger partial charge in [-0.15, -0.1) is 11.3 Å².